The largest absolute Gasteiger partial charge is 0.317 e. The minimum absolute atomic E-state index is 0. The fourth-order valence-electron chi connectivity index (χ4n) is 1.10. The summed E-state index contributed by atoms with van der Waals surface area (Å²) in [5.41, 5.74) is 0. The lowest BCUT2D eigenvalue weighted by molar-refractivity contribution is 0.624. The van der Waals surface area contributed by atoms with E-state index >= 15 is 0 Å². The fraction of sp³-hybridized carbons (Fsp3) is 1.00. The van der Waals surface area contributed by atoms with E-state index in [0.29, 0.717) is 0 Å². The predicted molar refractivity (Wildman–Crippen MR) is 73.2 cm³/mol. The van der Waals surface area contributed by atoms with Crippen molar-refractivity contribution in [3.8, 4) is 0 Å². The van der Waals surface area contributed by atoms with Crippen LogP contribution in [0.3, 0.4) is 0 Å². The summed E-state index contributed by atoms with van der Waals surface area (Å²) in [6.07, 6.45) is 8.49. The third-order valence-corrected chi connectivity index (χ3v) is 1.96. The summed E-state index contributed by atoms with van der Waals surface area (Å²) in [7, 11) is 0. The van der Waals surface area contributed by atoms with E-state index in [0.717, 1.165) is 13.1 Å². The second-order valence-corrected chi connectivity index (χ2v) is 3.37. The molecular formula is C12H32AlN. The Morgan fingerprint density at radius 1 is 0.643 bits per heavy atom. The SMILES string of the molecule is CCCCCCCC.CCNCC.[AlH3]. The van der Waals surface area contributed by atoms with E-state index in [9.17, 15) is 0 Å². The van der Waals surface area contributed by atoms with E-state index in [1.54, 1.807) is 0 Å². The van der Waals surface area contributed by atoms with E-state index in [1.165, 1.54) is 38.5 Å². The van der Waals surface area contributed by atoms with Crippen LogP contribution in [-0.2, 0) is 0 Å². The van der Waals surface area contributed by atoms with Gasteiger partial charge in [0.05, 0.1) is 0 Å². The van der Waals surface area contributed by atoms with E-state index in [4.69, 9.17) is 0 Å². The van der Waals surface area contributed by atoms with Crippen molar-refractivity contribution in [3.05, 3.63) is 0 Å². The highest BCUT2D eigenvalue weighted by molar-refractivity contribution is 5.75. The van der Waals surface area contributed by atoms with Crippen molar-refractivity contribution < 1.29 is 0 Å². The Morgan fingerprint density at radius 2 is 1.00 bits per heavy atom. The lowest BCUT2D eigenvalue weighted by Gasteiger charge is -1.93. The first-order chi connectivity index (χ1) is 6.33. The summed E-state index contributed by atoms with van der Waals surface area (Å²) in [4.78, 5) is 0. The van der Waals surface area contributed by atoms with Crippen LogP contribution in [0.15, 0.2) is 0 Å². The third-order valence-electron chi connectivity index (χ3n) is 1.96. The number of unbranched alkanes of at least 4 members (excludes halogenated alkanes) is 5. The van der Waals surface area contributed by atoms with Crippen LogP contribution in [-0.4, -0.2) is 30.5 Å². The second-order valence-electron chi connectivity index (χ2n) is 3.37. The van der Waals surface area contributed by atoms with Crippen LogP contribution in [0.1, 0.15) is 66.2 Å². The molecule has 14 heavy (non-hydrogen) atoms. The van der Waals surface area contributed by atoms with Gasteiger partial charge in [0, 0.05) is 0 Å². The molecule has 88 valence electrons. The van der Waals surface area contributed by atoms with Gasteiger partial charge in [-0.3, -0.25) is 0 Å². The molecule has 2 heteroatoms. The molecule has 0 spiro atoms. The molecular weight excluding hydrogens is 185 g/mol. The molecule has 0 amide bonds. The van der Waals surface area contributed by atoms with E-state index < -0.39 is 0 Å². The summed E-state index contributed by atoms with van der Waals surface area (Å²) in [6, 6.07) is 0. The van der Waals surface area contributed by atoms with Crippen molar-refractivity contribution in [3.63, 3.8) is 0 Å². The first-order valence-electron chi connectivity index (χ1n) is 6.04. The minimum Gasteiger partial charge on any atom is -0.317 e. The maximum absolute atomic E-state index is 3.11. The molecule has 0 saturated heterocycles. The van der Waals surface area contributed by atoms with Crippen molar-refractivity contribution in [1.82, 2.24) is 5.32 Å². The second kappa shape index (κ2) is 23.4. The third kappa shape index (κ3) is 29.4. The summed E-state index contributed by atoms with van der Waals surface area (Å²) in [6.45, 7) is 10.9. The number of hydrogen-bond acceptors (Lipinski definition) is 1. The Balaban J connectivity index is -0.000000177. The first-order valence-corrected chi connectivity index (χ1v) is 6.04. The molecule has 0 aromatic rings. The van der Waals surface area contributed by atoms with Gasteiger partial charge in [-0.05, 0) is 13.1 Å². The summed E-state index contributed by atoms with van der Waals surface area (Å²) < 4.78 is 0. The van der Waals surface area contributed by atoms with Gasteiger partial charge in [0.25, 0.3) is 0 Å². The van der Waals surface area contributed by atoms with Crippen molar-refractivity contribution in [2.45, 2.75) is 66.2 Å². The monoisotopic (exact) mass is 217 g/mol. The number of rotatable bonds is 7. The highest BCUT2D eigenvalue weighted by Crippen LogP contribution is 2.03. The molecule has 0 aromatic heterocycles. The molecule has 0 heterocycles. The van der Waals surface area contributed by atoms with Crippen molar-refractivity contribution >= 4 is 17.4 Å². The number of nitrogens with one attached hydrogen (secondary N) is 1. The van der Waals surface area contributed by atoms with Crippen molar-refractivity contribution in [2.24, 2.45) is 0 Å². The zero-order valence-corrected chi connectivity index (χ0v) is 10.2. The lowest BCUT2D eigenvalue weighted by atomic mass is 10.1. The van der Waals surface area contributed by atoms with Gasteiger partial charge in [0.1, 0.15) is 0 Å². The van der Waals surface area contributed by atoms with Crippen LogP contribution in [0.5, 0.6) is 0 Å². The molecule has 1 nitrogen and oxygen atoms in total. The number of hydrogen-bond donors (Lipinski definition) is 1. The van der Waals surface area contributed by atoms with Crippen molar-refractivity contribution in [2.75, 3.05) is 13.1 Å². The molecule has 0 bridgehead atoms. The Labute approximate surface area is 102 Å². The van der Waals surface area contributed by atoms with Crippen LogP contribution in [0.4, 0.5) is 0 Å². The average molecular weight is 217 g/mol. The maximum Gasteiger partial charge on any atom is 0.187 e. The van der Waals surface area contributed by atoms with Crippen LogP contribution < -0.4 is 5.32 Å². The molecule has 0 aliphatic heterocycles. The molecule has 0 radical (unpaired) electrons. The normalized spacial score (nSPS) is 8.57. The highest BCUT2D eigenvalue weighted by Gasteiger charge is 1.83. The highest BCUT2D eigenvalue weighted by atomic mass is 27.0. The van der Waals surface area contributed by atoms with Gasteiger partial charge in [-0.1, -0.05) is 66.2 Å². The maximum atomic E-state index is 3.11. The molecule has 0 aliphatic carbocycles. The Bertz CT molecular complexity index is 59.3. The summed E-state index contributed by atoms with van der Waals surface area (Å²) in [5, 5.41) is 3.11. The molecule has 0 aromatic carbocycles. The smallest absolute Gasteiger partial charge is 0.187 e. The molecule has 1 N–H and O–H groups in total. The van der Waals surface area contributed by atoms with Gasteiger partial charge >= 0.3 is 0 Å². The lowest BCUT2D eigenvalue weighted by Crippen LogP contribution is -2.09. The van der Waals surface area contributed by atoms with Crippen molar-refractivity contribution in [1.29, 1.82) is 0 Å². The predicted octanol–water partition coefficient (Wildman–Crippen LogP) is 2.80. The molecule has 0 unspecified atom stereocenters. The zero-order chi connectivity index (χ0) is 10.4. The van der Waals surface area contributed by atoms with Gasteiger partial charge in [-0.15, -0.1) is 0 Å². The topological polar surface area (TPSA) is 12.0 Å². The summed E-state index contributed by atoms with van der Waals surface area (Å²) >= 11 is 0. The quantitative estimate of drug-likeness (QED) is 0.511. The average Bonchev–Trinajstić information content (AvgIpc) is 2.15. The molecule has 0 atom stereocenters. The van der Waals surface area contributed by atoms with Gasteiger partial charge in [-0.25, -0.2) is 0 Å². The molecule has 0 rings (SSSR count). The van der Waals surface area contributed by atoms with E-state index in [2.05, 4.69) is 33.0 Å². The summed E-state index contributed by atoms with van der Waals surface area (Å²) in [5.74, 6) is 0. The Kier molecular flexibility index (Phi) is 33.3. The fourth-order valence-corrected chi connectivity index (χ4v) is 1.10. The van der Waals surface area contributed by atoms with Gasteiger partial charge in [-0.2, -0.15) is 0 Å². The van der Waals surface area contributed by atoms with E-state index in [1.807, 2.05) is 0 Å². The molecule has 0 saturated carbocycles. The minimum atomic E-state index is 0. The molecule has 0 fully saturated rings. The van der Waals surface area contributed by atoms with Gasteiger partial charge in [0.2, 0.25) is 0 Å². The van der Waals surface area contributed by atoms with Crippen LogP contribution in [0, 0.1) is 0 Å². The van der Waals surface area contributed by atoms with Gasteiger partial charge < -0.3 is 5.32 Å². The van der Waals surface area contributed by atoms with Crippen LogP contribution in [0.2, 0.25) is 0 Å². The van der Waals surface area contributed by atoms with E-state index in [-0.39, 0.29) is 17.4 Å². The first kappa shape index (κ1) is 20.0. The Hall–Kier alpha value is 0.492. The van der Waals surface area contributed by atoms with Crippen LogP contribution in [0.25, 0.3) is 0 Å². The standard InChI is InChI=1S/C8H18.C4H11N.Al.3H/c1-3-5-7-8-6-4-2;1-3-5-4-2;;;;/h3-8H2,1-2H3;5H,3-4H2,1-2H3;;;;. The van der Waals surface area contributed by atoms with Gasteiger partial charge in [0.15, 0.2) is 17.4 Å². The van der Waals surface area contributed by atoms with Crippen LogP contribution >= 0.6 is 0 Å². The zero-order valence-electron chi connectivity index (χ0n) is 10.2. The Morgan fingerprint density at radius 3 is 1.14 bits per heavy atom. The molecule has 0 aliphatic rings.